The molecule has 2 aromatic rings. The van der Waals surface area contributed by atoms with E-state index >= 15 is 0 Å². The summed E-state index contributed by atoms with van der Waals surface area (Å²) in [5.41, 5.74) is 3.11. The van der Waals surface area contributed by atoms with Crippen LogP contribution in [0.2, 0.25) is 0 Å². The number of aromatic nitrogens is 2. The lowest BCUT2D eigenvalue weighted by molar-refractivity contribution is 0.598. The number of sulfonamides is 1. The Morgan fingerprint density at radius 2 is 2.11 bits per heavy atom. The van der Waals surface area contributed by atoms with Crippen LogP contribution in [0.1, 0.15) is 31.2 Å². The number of nitrogens with one attached hydrogen (secondary N) is 1. The minimum atomic E-state index is -3.30. The van der Waals surface area contributed by atoms with Crippen LogP contribution in [0, 0.1) is 13.8 Å². The third-order valence-corrected chi connectivity index (χ3v) is 4.51. The first-order chi connectivity index (χ1) is 8.94. The fourth-order valence-corrected chi connectivity index (χ4v) is 3.20. The molecule has 0 saturated carbocycles. The Kier molecular flexibility index (Phi) is 3.80. The molecule has 0 spiro atoms. The summed E-state index contributed by atoms with van der Waals surface area (Å²) < 4.78 is 28.4. The van der Waals surface area contributed by atoms with Gasteiger partial charge in [0.15, 0.2) is 5.65 Å². The number of rotatable bonds is 5. The summed E-state index contributed by atoms with van der Waals surface area (Å²) in [5.74, 6) is 0.142. The molecule has 19 heavy (non-hydrogen) atoms. The summed E-state index contributed by atoms with van der Waals surface area (Å²) >= 11 is 0. The molecule has 2 rings (SSSR count). The molecule has 6 heteroatoms. The van der Waals surface area contributed by atoms with Crippen molar-refractivity contribution in [2.45, 2.75) is 33.6 Å². The Bertz CT molecular complexity index is 689. The van der Waals surface area contributed by atoms with E-state index < -0.39 is 10.0 Å². The SMILES string of the molecule is CCCCS(=O)(=O)Nc1cccn2c(C)c(C)nc12. The van der Waals surface area contributed by atoms with Crippen molar-refractivity contribution in [1.82, 2.24) is 9.38 Å². The highest BCUT2D eigenvalue weighted by atomic mass is 32.2. The van der Waals surface area contributed by atoms with Crippen LogP contribution in [0.3, 0.4) is 0 Å². The van der Waals surface area contributed by atoms with Crippen molar-refractivity contribution in [3.63, 3.8) is 0 Å². The third-order valence-electron chi connectivity index (χ3n) is 3.16. The van der Waals surface area contributed by atoms with Gasteiger partial charge in [0.25, 0.3) is 0 Å². The van der Waals surface area contributed by atoms with Crippen molar-refractivity contribution >= 4 is 21.4 Å². The molecule has 2 aromatic heterocycles. The fraction of sp³-hybridized carbons (Fsp3) is 0.462. The minimum absolute atomic E-state index is 0.142. The molecule has 104 valence electrons. The fourth-order valence-electron chi connectivity index (χ4n) is 1.93. The van der Waals surface area contributed by atoms with Crippen LogP contribution in [0.4, 0.5) is 5.69 Å². The summed E-state index contributed by atoms with van der Waals surface area (Å²) in [6, 6.07) is 3.56. The monoisotopic (exact) mass is 281 g/mol. The lowest BCUT2D eigenvalue weighted by Gasteiger charge is -2.08. The van der Waals surface area contributed by atoms with Crippen LogP contribution in [-0.2, 0) is 10.0 Å². The molecule has 0 bridgehead atoms. The van der Waals surface area contributed by atoms with Gasteiger partial charge in [-0.15, -0.1) is 0 Å². The van der Waals surface area contributed by atoms with Crippen LogP contribution in [0.25, 0.3) is 5.65 Å². The largest absolute Gasteiger partial charge is 0.302 e. The Hall–Kier alpha value is -1.56. The van der Waals surface area contributed by atoms with Gasteiger partial charge < -0.3 is 4.40 Å². The Morgan fingerprint density at radius 1 is 1.37 bits per heavy atom. The number of unbranched alkanes of at least 4 members (excludes halogenated alkanes) is 1. The van der Waals surface area contributed by atoms with Crippen LogP contribution in [0.15, 0.2) is 18.3 Å². The molecule has 0 aliphatic carbocycles. The Labute approximate surface area is 113 Å². The molecular weight excluding hydrogens is 262 g/mol. The molecule has 0 saturated heterocycles. The van der Waals surface area contributed by atoms with E-state index in [-0.39, 0.29) is 5.75 Å². The predicted molar refractivity (Wildman–Crippen MR) is 77.0 cm³/mol. The highest BCUT2D eigenvalue weighted by molar-refractivity contribution is 7.92. The first-order valence-electron chi connectivity index (χ1n) is 6.39. The number of pyridine rings is 1. The lowest BCUT2D eigenvalue weighted by Crippen LogP contribution is -2.17. The molecule has 0 unspecified atom stereocenters. The zero-order valence-electron chi connectivity index (χ0n) is 11.5. The van der Waals surface area contributed by atoms with E-state index in [1.54, 1.807) is 6.07 Å². The summed E-state index contributed by atoms with van der Waals surface area (Å²) in [5, 5.41) is 0. The van der Waals surface area contributed by atoms with E-state index in [4.69, 9.17) is 0 Å². The van der Waals surface area contributed by atoms with Crippen molar-refractivity contribution in [3.8, 4) is 0 Å². The third kappa shape index (κ3) is 2.89. The molecule has 1 N–H and O–H groups in total. The van der Waals surface area contributed by atoms with Gasteiger partial charge in [-0.2, -0.15) is 0 Å². The summed E-state index contributed by atoms with van der Waals surface area (Å²) in [6.45, 7) is 5.85. The van der Waals surface area contributed by atoms with Crippen LogP contribution < -0.4 is 4.72 Å². The van der Waals surface area contributed by atoms with Gasteiger partial charge in [-0.25, -0.2) is 13.4 Å². The van der Waals surface area contributed by atoms with Gasteiger partial charge in [0.1, 0.15) is 0 Å². The number of hydrogen-bond donors (Lipinski definition) is 1. The van der Waals surface area contributed by atoms with E-state index in [1.807, 2.05) is 37.4 Å². The van der Waals surface area contributed by atoms with E-state index in [9.17, 15) is 8.42 Å². The predicted octanol–water partition coefficient (Wildman–Crippen LogP) is 2.49. The Morgan fingerprint density at radius 3 is 2.79 bits per heavy atom. The molecule has 2 heterocycles. The maximum absolute atomic E-state index is 11.9. The number of aryl methyl sites for hydroxylation is 2. The van der Waals surface area contributed by atoms with Gasteiger partial charge in [-0.3, -0.25) is 4.72 Å². The van der Waals surface area contributed by atoms with Gasteiger partial charge in [0.2, 0.25) is 10.0 Å². The number of nitrogens with zero attached hydrogens (tertiary/aromatic N) is 2. The van der Waals surface area contributed by atoms with Crippen molar-refractivity contribution in [2.75, 3.05) is 10.5 Å². The topological polar surface area (TPSA) is 63.5 Å². The highest BCUT2D eigenvalue weighted by Gasteiger charge is 2.14. The molecular formula is C13H19N3O2S. The quantitative estimate of drug-likeness (QED) is 0.915. The summed E-state index contributed by atoms with van der Waals surface area (Å²) in [4.78, 5) is 4.41. The van der Waals surface area contributed by atoms with Crippen molar-refractivity contribution in [3.05, 3.63) is 29.7 Å². The maximum atomic E-state index is 11.9. The lowest BCUT2D eigenvalue weighted by atomic mass is 10.4. The molecule has 0 radical (unpaired) electrons. The molecule has 0 amide bonds. The number of fused-ring (bicyclic) bond motifs is 1. The molecule has 0 atom stereocenters. The van der Waals surface area contributed by atoms with Gasteiger partial charge in [-0.05, 0) is 32.4 Å². The van der Waals surface area contributed by atoms with Gasteiger partial charge in [-0.1, -0.05) is 13.3 Å². The average Bonchev–Trinajstić information content (AvgIpc) is 2.65. The van der Waals surface area contributed by atoms with E-state index in [0.29, 0.717) is 17.8 Å². The summed E-state index contributed by atoms with van der Waals surface area (Å²) in [6.07, 6.45) is 3.40. The molecule has 0 aromatic carbocycles. The average molecular weight is 281 g/mol. The number of imidazole rings is 1. The Balaban J connectivity index is 2.38. The molecule has 0 aliphatic rings. The zero-order chi connectivity index (χ0) is 14.0. The van der Waals surface area contributed by atoms with E-state index in [2.05, 4.69) is 9.71 Å². The van der Waals surface area contributed by atoms with Crippen molar-refractivity contribution < 1.29 is 8.42 Å². The zero-order valence-corrected chi connectivity index (χ0v) is 12.3. The first kappa shape index (κ1) is 13.9. The van der Waals surface area contributed by atoms with Crippen LogP contribution >= 0.6 is 0 Å². The normalized spacial score (nSPS) is 11.9. The van der Waals surface area contributed by atoms with Gasteiger partial charge >= 0.3 is 0 Å². The highest BCUT2D eigenvalue weighted by Crippen LogP contribution is 2.20. The van der Waals surface area contributed by atoms with Crippen LogP contribution in [-0.4, -0.2) is 23.6 Å². The van der Waals surface area contributed by atoms with Crippen LogP contribution in [0.5, 0.6) is 0 Å². The van der Waals surface area contributed by atoms with E-state index in [1.165, 1.54) is 0 Å². The maximum Gasteiger partial charge on any atom is 0.232 e. The van der Waals surface area contributed by atoms with E-state index in [0.717, 1.165) is 17.8 Å². The van der Waals surface area contributed by atoms with Gasteiger partial charge in [0, 0.05) is 11.9 Å². The number of hydrogen-bond acceptors (Lipinski definition) is 3. The second kappa shape index (κ2) is 5.21. The smallest absolute Gasteiger partial charge is 0.232 e. The molecule has 0 fully saturated rings. The molecule has 0 aliphatic heterocycles. The second-order valence-electron chi connectivity index (χ2n) is 4.67. The van der Waals surface area contributed by atoms with Crippen molar-refractivity contribution in [2.24, 2.45) is 0 Å². The summed E-state index contributed by atoms with van der Waals surface area (Å²) in [7, 11) is -3.30. The second-order valence-corrected chi connectivity index (χ2v) is 6.51. The minimum Gasteiger partial charge on any atom is -0.302 e. The standard InChI is InChI=1S/C13H19N3O2S/c1-4-5-9-19(17,18)15-12-7-6-8-16-11(3)10(2)14-13(12)16/h6-8,15H,4-5,9H2,1-3H3. The van der Waals surface area contributed by atoms with Crippen molar-refractivity contribution in [1.29, 1.82) is 0 Å². The first-order valence-corrected chi connectivity index (χ1v) is 8.04. The molecule has 5 nitrogen and oxygen atoms in total. The van der Waals surface area contributed by atoms with Gasteiger partial charge in [0.05, 0.1) is 17.1 Å². The number of anilines is 1.